The number of hydrogen-bond acceptors (Lipinski definition) is 6. The van der Waals surface area contributed by atoms with E-state index in [4.69, 9.17) is 11.6 Å². The zero-order chi connectivity index (χ0) is 25.9. The Morgan fingerprint density at radius 1 is 1.25 bits per heavy atom. The average molecular weight is 519 g/mol. The summed E-state index contributed by atoms with van der Waals surface area (Å²) in [7, 11) is 0. The standard InChI is InChI=1S/C23H18ClF3N6O3/c24-17-10-14(6-9-20(17)36-23(25,26)27)11-18(22(35)32(13-28)15-7-8-15)30-21(34)19-12-29-33(31-19)16-4-2-1-3-5-16/h1-6,9-10,12,15,18H,7-8,11H2,(H,30,34)/t18-/m0/s1. The van der Waals surface area contributed by atoms with Crippen LogP contribution in [0.1, 0.15) is 28.9 Å². The summed E-state index contributed by atoms with van der Waals surface area (Å²) in [5.41, 5.74) is 0.887. The van der Waals surface area contributed by atoms with E-state index in [0.717, 1.165) is 11.0 Å². The minimum absolute atomic E-state index is 0.0708. The molecule has 1 N–H and O–H groups in total. The van der Waals surface area contributed by atoms with Gasteiger partial charge in [0.1, 0.15) is 11.8 Å². The zero-order valence-corrected chi connectivity index (χ0v) is 19.2. The second kappa shape index (κ2) is 10.2. The van der Waals surface area contributed by atoms with Crippen molar-refractivity contribution < 1.29 is 27.5 Å². The SMILES string of the molecule is N#CN(C(=O)[C@H](Cc1ccc(OC(F)(F)F)c(Cl)c1)NC(=O)c1cnn(-c2ccccc2)n1)C1CC1. The molecule has 1 atom stereocenters. The molecule has 0 aliphatic heterocycles. The number of nitriles is 1. The lowest BCUT2D eigenvalue weighted by atomic mass is 10.0. The Labute approximate surface area is 208 Å². The Bertz CT molecular complexity index is 1300. The van der Waals surface area contributed by atoms with Crippen molar-refractivity contribution in [2.24, 2.45) is 0 Å². The van der Waals surface area contributed by atoms with Crippen molar-refractivity contribution in [1.82, 2.24) is 25.2 Å². The number of para-hydroxylation sites is 1. The second-order valence-corrected chi connectivity index (χ2v) is 8.34. The van der Waals surface area contributed by atoms with Crippen LogP contribution >= 0.6 is 11.6 Å². The van der Waals surface area contributed by atoms with Gasteiger partial charge < -0.3 is 10.1 Å². The first kappa shape index (κ1) is 25.0. The normalized spacial score (nSPS) is 14.0. The molecule has 2 amide bonds. The minimum Gasteiger partial charge on any atom is -0.404 e. The number of aromatic nitrogens is 3. The molecule has 0 radical (unpaired) electrons. The fraction of sp³-hybridized carbons (Fsp3) is 0.261. The molecule has 1 saturated carbocycles. The van der Waals surface area contributed by atoms with E-state index in [1.807, 2.05) is 12.3 Å². The van der Waals surface area contributed by atoms with Crippen LogP contribution in [0.15, 0.2) is 54.7 Å². The van der Waals surface area contributed by atoms with Crippen LogP contribution in [0, 0.1) is 11.5 Å². The molecule has 9 nitrogen and oxygen atoms in total. The second-order valence-electron chi connectivity index (χ2n) is 7.94. The van der Waals surface area contributed by atoms with Gasteiger partial charge in [-0.2, -0.15) is 15.2 Å². The number of benzene rings is 2. The Morgan fingerprint density at radius 3 is 2.58 bits per heavy atom. The number of nitrogens with one attached hydrogen (secondary N) is 1. The predicted octanol–water partition coefficient (Wildman–Crippen LogP) is 3.63. The van der Waals surface area contributed by atoms with Crippen molar-refractivity contribution in [3.63, 3.8) is 0 Å². The lowest BCUT2D eigenvalue weighted by Gasteiger charge is -2.22. The molecule has 0 saturated heterocycles. The molecule has 0 bridgehead atoms. The molecule has 1 heterocycles. The van der Waals surface area contributed by atoms with E-state index in [0.29, 0.717) is 24.1 Å². The fourth-order valence-corrected chi connectivity index (χ4v) is 3.65. The van der Waals surface area contributed by atoms with Crippen LogP contribution in [0.5, 0.6) is 5.75 Å². The van der Waals surface area contributed by atoms with Gasteiger partial charge in [-0.25, -0.2) is 4.90 Å². The molecule has 0 unspecified atom stereocenters. The molecule has 2 aromatic carbocycles. The van der Waals surface area contributed by atoms with Gasteiger partial charge in [0.25, 0.3) is 11.8 Å². The fourth-order valence-electron chi connectivity index (χ4n) is 3.41. The van der Waals surface area contributed by atoms with Crippen LogP contribution < -0.4 is 10.1 Å². The summed E-state index contributed by atoms with van der Waals surface area (Å²) in [6.45, 7) is 0. The van der Waals surface area contributed by atoms with E-state index in [-0.39, 0.29) is 23.2 Å². The van der Waals surface area contributed by atoms with E-state index in [1.54, 1.807) is 24.3 Å². The van der Waals surface area contributed by atoms with Gasteiger partial charge in [-0.3, -0.25) is 9.59 Å². The van der Waals surface area contributed by atoms with Crippen LogP contribution in [0.2, 0.25) is 5.02 Å². The molecule has 1 aliphatic rings. The van der Waals surface area contributed by atoms with Crippen LogP contribution in [-0.4, -0.2) is 50.2 Å². The third-order valence-corrected chi connectivity index (χ3v) is 5.53. The highest BCUT2D eigenvalue weighted by molar-refractivity contribution is 6.32. The average Bonchev–Trinajstić information content (AvgIpc) is 3.54. The van der Waals surface area contributed by atoms with E-state index in [2.05, 4.69) is 20.3 Å². The topological polar surface area (TPSA) is 113 Å². The number of halogens is 4. The highest BCUT2D eigenvalue weighted by Gasteiger charge is 2.37. The maximum atomic E-state index is 13.1. The van der Waals surface area contributed by atoms with Crippen LogP contribution in [0.3, 0.4) is 0 Å². The van der Waals surface area contributed by atoms with Gasteiger partial charge in [0.2, 0.25) is 0 Å². The van der Waals surface area contributed by atoms with E-state index in [9.17, 15) is 28.0 Å². The van der Waals surface area contributed by atoms with Crippen molar-refractivity contribution >= 4 is 23.4 Å². The van der Waals surface area contributed by atoms with Gasteiger partial charge in [0, 0.05) is 12.5 Å². The number of ether oxygens (including phenoxy) is 1. The molecule has 3 aromatic rings. The van der Waals surface area contributed by atoms with Gasteiger partial charge in [-0.15, -0.1) is 18.3 Å². The quantitative estimate of drug-likeness (QED) is 0.360. The van der Waals surface area contributed by atoms with Crippen LogP contribution in [0.25, 0.3) is 5.69 Å². The maximum absolute atomic E-state index is 13.1. The van der Waals surface area contributed by atoms with Crippen molar-refractivity contribution in [2.75, 3.05) is 0 Å². The van der Waals surface area contributed by atoms with E-state index >= 15 is 0 Å². The summed E-state index contributed by atoms with van der Waals surface area (Å²) >= 11 is 5.93. The lowest BCUT2D eigenvalue weighted by Crippen LogP contribution is -2.49. The van der Waals surface area contributed by atoms with Crippen molar-refractivity contribution in [2.45, 2.75) is 37.7 Å². The number of hydrogen-bond donors (Lipinski definition) is 1. The van der Waals surface area contributed by atoms with E-state index in [1.165, 1.54) is 23.1 Å². The predicted molar refractivity (Wildman–Crippen MR) is 120 cm³/mol. The Hall–Kier alpha value is -4.11. The number of rotatable bonds is 8. The van der Waals surface area contributed by atoms with Gasteiger partial charge >= 0.3 is 6.36 Å². The summed E-state index contributed by atoms with van der Waals surface area (Å²) in [5.74, 6) is -1.98. The molecule has 1 aromatic heterocycles. The summed E-state index contributed by atoms with van der Waals surface area (Å²) < 4.78 is 41.5. The Morgan fingerprint density at radius 2 is 1.97 bits per heavy atom. The van der Waals surface area contributed by atoms with Crippen molar-refractivity contribution in [1.29, 1.82) is 5.26 Å². The van der Waals surface area contributed by atoms with Crippen molar-refractivity contribution in [3.8, 4) is 17.6 Å². The number of amides is 2. The third-order valence-electron chi connectivity index (χ3n) is 5.23. The third kappa shape index (κ3) is 6.11. The highest BCUT2D eigenvalue weighted by Crippen LogP contribution is 2.31. The minimum atomic E-state index is -4.92. The Kier molecular flexibility index (Phi) is 7.12. The first-order valence-electron chi connectivity index (χ1n) is 10.7. The molecule has 1 aliphatic carbocycles. The zero-order valence-electron chi connectivity index (χ0n) is 18.4. The number of carbonyl (C=O) groups excluding carboxylic acids is 2. The molecule has 1 fully saturated rings. The lowest BCUT2D eigenvalue weighted by molar-refractivity contribution is -0.274. The largest absolute Gasteiger partial charge is 0.573 e. The molecule has 186 valence electrons. The molecule has 4 rings (SSSR count). The summed E-state index contributed by atoms with van der Waals surface area (Å²) in [4.78, 5) is 28.3. The molecule has 0 spiro atoms. The number of alkyl halides is 3. The summed E-state index contributed by atoms with van der Waals surface area (Å²) in [5, 5.41) is 19.9. The molecular formula is C23H18ClF3N6O3. The first-order chi connectivity index (χ1) is 17.1. The van der Waals surface area contributed by atoms with Gasteiger partial charge in [0.05, 0.1) is 16.9 Å². The molecule has 13 heteroatoms. The van der Waals surface area contributed by atoms with Gasteiger partial charge in [0.15, 0.2) is 11.9 Å². The summed E-state index contributed by atoms with van der Waals surface area (Å²) in [6, 6.07) is 10.9. The smallest absolute Gasteiger partial charge is 0.404 e. The molecule has 36 heavy (non-hydrogen) atoms. The number of carbonyl (C=O) groups is 2. The molecular weight excluding hydrogens is 501 g/mol. The monoisotopic (exact) mass is 518 g/mol. The number of nitrogens with zero attached hydrogens (tertiary/aromatic N) is 5. The van der Waals surface area contributed by atoms with Crippen LogP contribution in [0.4, 0.5) is 13.2 Å². The van der Waals surface area contributed by atoms with Crippen LogP contribution in [-0.2, 0) is 11.2 Å². The van der Waals surface area contributed by atoms with Gasteiger partial charge in [-0.1, -0.05) is 35.9 Å². The maximum Gasteiger partial charge on any atom is 0.573 e. The van der Waals surface area contributed by atoms with E-state index < -0.39 is 30.0 Å². The van der Waals surface area contributed by atoms with Gasteiger partial charge in [-0.05, 0) is 42.7 Å². The Balaban J connectivity index is 1.55. The highest BCUT2D eigenvalue weighted by atomic mass is 35.5. The van der Waals surface area contributed by atoms with Crippen molar-refractivity contribution in [3.05, 3.63) is 71.0 Å². The first-order valence-corrected chi connectivity index (χ1v) is 11.1. The summed E-state index contributed by atoms with van der Waals surface area (Å²) in [6.07, 6.45) is -0.688.